The second-order valence-electron chi connectivity index (χ2n) is 8.16. The van der Waals surface area contributed by atoms with Crippen molar-refractivity contribution < 1.29 is 14.3 Å². The molecule has 5 nitrogen and oxygen atoms in total. The normalized spacial score (nSPS) is 10.7. The number of carbonyl (C=O) groups excluding carboxylic acids is 1. The summed E-state index contributed by atoms with van der Waals surface area (Å²) in [6.07, 6.45) is 1.63. The molecule has 0 unspecified atom stereocenters. The fourth-order valence-electron chi connectivity index (χ4n) is 2.65. The molecule has 2 aromatic carbocycles. The van der Waals surface area contributed by atoms with Crippen LogP contribution >= 0.6 is 11.6 Å². The lowest BCUT2D eigenvalue weighted by Crippen LogP contribution is -2.16. The van der Waals surface area contributed by atoms with Crippen molar-refractivity contribution in [2.45, 2.75) is 26.2 Å². The molecule has 0 saturated heterocycles. The Morgan fingerprint density at radius 2 is 1.78 bits per heavy atom. The molecular weight excluding hydrogens is 440 g/mol. The van der Waals surface area contributed by atoms with Gasteiger partial charge in [-0.25, -0.2) is 4.98 Å². The SMILES string of the molecule is COc1ccc(COc2cc(NC(=O)c3ccc(Cl)cc3)ncc2C#C[Si](C)(C)C)cc1. The number of amides is 1. The molecule has 32 heavy (non-hydrogen) atoms. The van der Waals surface area contributed by atoms with E-state index in [2.05, 4.69) is 41.4 Å². The molecule has 0 fully saturated rings. The summed E-state index contributed by atoms with van der Waals surface area (Å²) in [6, 6.07) is 16.0. The molecule has 0 saturated carbocycles. The first-order valence-corrected chi connectivity index (χ1v) is 14.0. The molecule has 1 amide bonds. The van der Waals surface area contributed by atoms with E-state index in [0.717, 1.165) is 11.3 Å². The van der Waals surface area contributed by atoms with Gasteiger partial charge in [0, 0.05) is 22.8 Å². The first-order valence-electron chi connectivity index (χ1n) is 10.1. The van der Waals surface area contributed by atoms with Crippen LogP contribution in [0.15, 0.2) is 60.8 Å². The van der Waals surface area contributed by atoms with Crippen LogP contribution in [0.4, 0.5) is 5.82 Å². The average Bonchev–Trinajstić information content (AvgIpc) is 2.77. The molecule has 164 valence electrons. The van der Waals surface area contributed by atoms with Crippen molar-refractivity contribution in [3.63, 3.8) is 0 Å². The molecule has 0 aliphatic heterocycles. The van der Waals surface area contributed by atoms with Crippen LogP contribution < -0.4 is 14.8 Å². The van der Waals surface area contributed by atoms with Gasteiger partial charge in [-0.3, -0.25) is 4.79 Å². The summed E-state index contributed by atoms with van der Waals surface area (Å²) in [7, 11) is 0.0430. The van der Waals surface area contributed by atoms with Gasteiger partial charge in [0.25, 0.3) is 5.91 Å². The number of carbonyl (C=O) groups is 1. The molecule has 0 bridgehead atoms. The van der Waals surface area contributed by atoms with Crippen molar-refractivity contribution in [3.05, 3.63) is 82.5 Å². The maximum absolute atomic E-state index is 12.5. The number of nitrogens with one attached hydrogen (secondary N) is 1. The molecule has 0 aliphatic carbocycles. The minimum Gasteiger partial charge on any atom is -0.497 e. The first kappa shape index (κ1) is 23.4. The van der Waals surface area contributed by atoms with Crippen LogP contribution in [0, 0.1) is 11.5 Å². The molecule has 1 heterocycles. The molecule has 0 spiro atoms. The molecule has 7 heteroatoms. The van der Waals surface area contributed by atoms with Gasteiger partial charge in [-0.05, 0) is 42.0 Å². The third-order valence-electron chi connectivity index (χ3n) is 4.34. The third kappa shape index (κ3) is 6.87. The van der Waals surface area contributed by atoms with Gasteiger partial charge in [-0.1, -0.05) is 49.3 Å². The minimum atomic E-state index is -1.59. The van der Waals surface area contributed by atoms with Gasteiger partial charge in [0.15, 0.2) is 0 Å². The van der Waals surface area contributed by atoms with Crippen LogP contribution in [0.3, 0.4) is 0 Å². The second-order valence-corrected chi connectivity index (χ2v) is 13.3. The van der Waals surface area contributed by atoms with Gasteiger partial charge >= 0.3 is 0 Å². The number of methoxy groups -OCH3 is 1. The minimum absolute atomic E-state index is 0.281. The number of aromatic nitrogens is 1. The van der Waals surface area contributed by atoms with E-state index in [1.807, 2.05) is 24.3 Å². The Labute approximate surface area is 194 Å². The second kappa shape index (κ2) is 10.4. The van der Waals surface area contributed by atoms with Gasteiger partial charge in [0.2, 0.25) is 0 Å². The summed E-state index contributed by atoms with van der Waals surface area (Å²) in [5.74, 6) is 4.65. The number of pyridine rings is 1. The Kier molecular flexibility index (Phi) is 7.57. The van der Waals surface area contributed by atoms with E-state index in [1.165, 1.54) is 0 Å². The molecule has 0 radical (unpaired) electrons. The van der Waals surface area contributed by atoms with Crippen molar-refractivity contribution in [1.29, 1.82) is 0 Å². The Morgan fingerprint density at radius 1 is 1.09 bits per heavy atom. The predicted molar refractivity (Wildman–Crippen MR) is 131 cm³/mol. The molecule has 3 aromatic rings. The van der Waals surface area contributed by atoms with Crippen molar-refractivity contribution in [1.82, 2.24) is 4.98 Å². The number of nitrogens with zero attached hydrogens (tertiary/aromatic N) is 1. The fourth-order valence-corrected chi connectivity index (χ4v) is 3.28. The summed E-state index contributed by atoms with van der Waals surface area (Å²) in [5.41, 5.74) is 5.49. The Balaban J connectivity index is 1.83. The molecule has 1 aromatic heterocycles. The maximum atomic E-state index is 12.5. The van der Waals surface area contributed by atoms with Crippen molar-refractivity contribution >= 4 is 31.4 Å². The average molecular weight is 465 g/mol. The number of hydrogen-bond acceptors (Lipinski definition) is 4. The van der Waals surface area contributed by atoms with Crippen molar-refractivity contribution in [3.8, 4) is 23.0 Å². The standard InChI is InChI=1S/C25H25ClN2O3Si/c1-30-22-11-5-18(6-12-22)17-31-23-15-24(27-16-20(23)13-14-32(2,3)4)28-25(29)19-7-9-21(26)10-8-19/h5-12,15-16H,17H2,1-4H3,(H,27,28,29). The fraction of sp³-hybridized carbons (Fsp3) is 0.200. The number of halogens is 1. The number of ether oxygens (including phenoxy) is 2. The number of benzene rings is 2. The smallest absolute Gasteiger partial charge is 0.256 e. The van der Waals surface area contributed by atoms with E-state index in [4.69, 9.17) is 21.1 Å². The van der Waals surface area contributed by atoms with Gasteiger partial charge in [-0.15, -0.1) is 5.54 Å². The van der Waals surface area contributed by atoms with Crippen LogP contribution in [0.2, 0.25) is 24.7 Å². The number of hydrogen-bond donors (Lipinski definition) is 1. The van der Waals surface area contributed by atoms with Crippen LogP contribution in [-0.2, 0) is 6.61 Å². The van der Waals surface area contributed by atoms with Crippen molar-refractivity contribution in [2.24, 2.45) is 0 Å². The predicted octanol–water partition coefficient (Wildman–Crippen LogP) is 5.80. The van der Waals surface area contributed by atoms with Crippen molar-refractivity contribution in [2.75, 3.05) is 12.4 Å². The highest BCUT2D eigenvalue weighted by molar-refractivity contribution is 6.83. The highest BCUT2D eigenvalue weighted by Gasteiger charge is 2.12. The summed E-state index contributed by atoms with van der Waals surface area (Å²) < 4.78 is 11.3. The van der Waals surface area contributed by atoms with Gasteiger partial charge in [0.05, 0.1) is 12.7 Å². The Bertz CT molecular complexity index is 1150. The topological polar surface area (TPSA) is 60.5 Å². The summed E-state index contributed by atoms with van der Waals surface area (Å²) in [5, 5.41) is 3.37. The van der Waals surface area contributed by atoms with E-state index in [0.29, 0.717) is 34.3 Å². The Morgan fingerprint density at radius 3 is 2.41 bits per heavy atom. The number of anilines is 1. The zero-order valence-corrected chi connectivity index (χ0v) is 20.3. The van der Waals surface area contributed by atoms with Crippen LogP contribution in [0.25, 0.3) is 0 Å². The zero-order valence-electron chi connectivity index (χ0n) is 18.5. The van der Waals surface area contributed by atoms with E-state index in [9.17, 15) is 4.79 Å². The molecular formula is C25H25ClN2O3Si. The molecule has 3 rings (SSSR count). The summed E-state index contributed by atoms with van der Waals surface area (Å²) >= 11 is 5.90. The van der Waals surface area contributed by atoms with Crippen LogP contribution in [0.5, 0.6) is 11.5 Å². The molecule has 0 atom stereocenters. The van der Waals surface area contributed by atoms with Gasteiger partial charge in [-0.2, -0.15) is 0 Å². The van der Waals surface area contributed by atoms with E-state index < -0.39 is 8.07 Å². The first-order chi connectivity index (χ1) is 15.2. The summed E-state index contributed by atoms with van der Waals surface area (Å²) in [4.78, 5) is 16.9. The highest BCUT2D eigenvalue weighted by atomic mass is 35.5. The van der Waals surface area contributed by atoms with Crippen LogP contribution in [-0.4, -0.2) is 26.1 Å². The third-order valence-corrected chi connectivity index (χ3v) is 5.47. The van der Waals surface area contributed by atoms with Gasteiger partial charge < -0.3 is 14.8 Å². The quantitative estimate of drug-likeness (QED) is 0.369. The monoisotopic (exact) mass is 464 g/mol. The molecule has 1 N–H and O–H groups in total. The zero-order chi connectivity index (χ0) is 23.1. The van der Waals surface area contributed by atoms with E-state index in [-0.39, 0.29) is 5.91 Å². The van der Waals surface area contributed by atoms with E-state index in [1.54, 1.807) is 43.6 Å². The summed E-state index contributed by atoms with van der Waals surface area (Å²) in [6.45, 7) is 6.87. The van der Waals surface area contributed by atoms with Gasteiger partial charge in [0.1, 0.15) is 32.0 Å². The number of rotatable bonds is 6. The lowest BCUT2D eigenvalue weighted by Gasteiger charge is -2.12. The van der Waals surface area contributed by atoms with Crippen LogP contribution in [0.1, 0.15) is 21.5 Å². The highest BCUT2D eigenvalue weighted by Crippen LogP contribution is 2.23. The van der Waals surface area contributed by atoms with E-state index >= 15 is 0 Å². The molecule has 0 aliphatic rings. The lowest BCUT2D eigenvalue weighted by atomic mass is 10.2. The maximum Gasteiger partial charge on any atom is 0.256 e. The Hall–Kier alpha value is -3.27. The largest absolute Gasteiger partial charge is 0.497 e. The lowest BCUT2D eigenvalue weighted by molar-refractivity contribution is 0.102.